The van der Waals surface area contributed by atoms with E-state index in [1.807, 2.05) is 62.3 Å². The van der Waals surface area contributed by atoms with Crippen LogP contribution in [0.25, 0.3) is 0 Å². The van der Waals surface area contributed by atoms with Gasteiger partial charge in [-0.25, -0.2) is 0 Å². The van der Waals surface area contributed by atoms with E-state index in [4.69, 9.17) is 0 Å². The molecule has 5 amide bonds. The van der Waals surface area contributed by atoms with Crippen LogP contribution in [0.1, 0.15) is 112 Å². The minimum atomic E-state index is -0.871. The van der Waals surface area contributed by atoms with Gasteiger partial charge in [0.25, 0.3) is 5.91 Å². The summed E-state index contributed by atoms with van der Waals surface area (Å²) in [6.07, 6.45) is 5.66. The van der Waals surface area contributed by atoms with E-state index in [2.05, 4.69) is 45.7 Å². The van der Waals surface area contributed by atoms with Crippen LogP contribution in [0.15, 0.2) is 24.5 Å². The number of nitrogens with zero attached hydrogens (tertiary/aromatic N) is 1. The number of likely N-dealkylation sites (N-methyl/N-ethyl adjacent to an activating group) is 1. The number of rotatable bonds is 20. The maximum Gasteiger partial charge on any atom is 0.252 e. The summed E-state index contributed by atoms with van der Waals surface area (Å²) in [5.74, 6) is -1.71. The lowest BCUT2D eigenvalue weighted by molar-refractivity contribution is -0.904. The number of carbonyl (C=O) groups is 5. The highest BCUT2D eigenvalue weighted by atomic mass is 16.5. The molecule has 13 heteroatoms. The maximum absolute atomic E-state index is 13.3. The third-order valence-corrected chi connectivity index (χ3v) is 7.63. The van der Waals surface area contributed by atoms with Gasteiger partial charge >= 0.3 is 0 Å². The van der Waals surface area contributed by atoms with Crippen LogP contribution < -0.4 is 36.6 Å². The molecule has 5 atom stereocenters. The number of aromatic nitrogens is 1. The Kier molecular flexibility index (Phi) is 22.5. The van der Waals surface area contributed by atoms with Crippen LogP contribution >= 0.6 is 0 Å². The van der Waals surface area contributed by atoms with Gasteiger partial charge in [-0.3, -0.25) is 29.2 Å². The highest BCUT2D eigenvalue weighted by Gasteiger charge is 2.30. The second kappa shape index (κ2) is 24.4. The molecule has 1 aromatic rings. The van der Waals surface area contributed by atoms with Crippen molar-refractivity contribution in [2.24, 2.45) is 23.7 Å². The summed E-state index contributed by atoms with van der Waals surface area (Å²) in [7, 11) is 0. The Morgan fingerprint density at radius 2 is 1.29 bits per heavy atom. The minimum absolute atomic E-state index is 0.0986. The van der Waals surface area contributed by atoms with Gasteiger partial charge < -0.3 is 31.9 Å². The molecule has 0 aliphatic rings. The highest BCUT2D eigenvalue weighted by molar-refractivity contribution is 5.98. The van der Waals surface area contributed by atoms with Crippen LogP contribution in [0.5, 0.6) is 0 Å². The largest absolute Gasteiger partial charge is 0.355 e. The van der Waals surface area contributed by atoms with Crippen LogP contribution in [0.2, 0.25) is 0 Å². The van der Waals surface area contributed by atoms with Crippen molar-refractivity contribution in [1.29, 1.82) is 0 Å². The average Bonchev–Trinajstić information content (AvgIpc) is 3.02. The average molecular weight is 693 g/mol. The zero-order chi connectivity index (χ0) is 37.7. The van der Waals surface area contributed by atoms with Crippen molar-refractivity contribution in [3.05, 3.63) is 30.1 Å². The van der Waals surface area contributed by atoms with E-state index in [1.54, 1.807) is 0 Å². The SMILES string of the molecule is CCC.CCNC(=O)C(NC(=O)[C@H](CC(C)C)NCC(CC(C)C)NC(=O)CNC(=O)C(NC(=O)c1cc[n+](O)cc1)C(C)CC)C(C)C. The van der Waals surface area contributed by atoms with Gasteiger partial charge in [-0.2, -0.15) is 0 Å². The number of pyridine rings is 1. The summed E-state index contributed by atoms with van der Waals surface area (Å²) in [5.41, 5.74) is 0.279. The van der Waals surface area contributed by atoms with Crippen molar-refractivity contribution < 1.29 is 33.9 Å². The van der Waals surface area contributed by atoms with Crippen LogP contribution in [-0.4, -0.2) is 78.5 Å². The number of hydrogen-bond donors (Lipinski definition) is 7. The summed E-state index contributed by atoms with van der Waals surface area (Å²) in [5, 5.41) is 26.8. The lowest BCUT2D eigenvalue weighted by Crippen LogP contribution is -2.57. The molecule has 1 rings (SSSR count). The molecule has 0 radical (unpaired) electrons. The molecule has 7 N–H and O–H groups in total. The van der Waals surface area contributed by atoms with Crippen molar-refractivity contribution in [2.45, 2.75) is 126 Å². The van der Waals surface area contributed by atoms with Crippen molar-refractivity contribution in [3.63, 3.8) is 0 Å². The van der Waals surface area contributed by atoms with Gasteiger partial charge in [0.1, 0.15) is 12.1 Å². The standard InChI is InChI=1S/C33H57N7O6.C3H8/c1-10-23(9)29(39-30(42)24-12-14-40(46)15-13-24)33(45)36-19-27(41)37-25(16-20(3)4)18-35-26(17-21(5)6)31(43)38-28(22(7)8)32(44)34-11-2;1-3-2/h12-15,20-23,25-26,28-29,35H,10-11,16-19H2,1-9H3,(H5-,34,36,37,38,39,41,42,43,44,45,46);3H2,1-2H3/p+1/t23?,25?,26-,28?,29?;/m0./s1. The first kappa shape index (κ1) is 45.3. The smallest absolute Gasteiger partial charge is 0.252 e. The first-order valence-corrected chi connectivity index (χ1v) is 17.9. The van der Waals surface area contributed by atoms with E-state index < -0.39 is 35.8 Å². The highest BCUT2D eigenvalue weighted by Crippen LogP contribution is 2.11. The third kappa shape index (κ3) is 18.6. The van der Waals surface area contributed by atoms with Crippen molar-refractivity contribution in [1.82, 2.24) is 31.9 Å². The fourth-order valence-corrected chi connectivity index (χ4v) is 4.93. The summed E-state index contributed by atoms with van der Waals surface area (Å²) in [4.78, 5) is 64.8. The lowest BCUT2D eigenvalue weighted by Gasteiger charge is -2.28. The Hall–Kier alpha value is -3.74. The summed E-state index contributed by atoms with van der Waals surface area (Å²) < 4.78 is 0.812. The molecule has 0 saturated heterocycles. The lowest BCUT2D eigenvalue weighted by atomic mass is 9.98. The zero-order valence-electron chi connectivity index (χ0n) is 31.8. The van der Waals surface area contributed by atoms with Crippen molar-refractivity contribution in [3.8, 4) is 0 Å². The fourth-order valence-electron chi connectivity index (χ4n) is 4.93. The van der Waals surface area contributed by atoms with Crippen LogP contribution in [0.3, 0.4) is 0 Å². The predicted octanol–water partition coefficient (Wildman–Crippen LogP) is 2.70. The van der Waals surface area contributed by atoms with Crippen LogP contribution in [-0.2, 0) is 19.2 Å². The summed E-state index contributed by atoms with van der Waals surface area (Å²) in [6, 6.07) is 0.423. The minimum Gasteiger partial charge on any atom is -0.355 e. The Labute approximate surface area is 294 Å². The van der Waals surface area contributed by atoms with Gasteiger partial charge in [-0.1, -0.05) is 82.1 Å². The van der Waals surface area contributed by atoms with Gasteiger partial charge in [-0.15, -0.1) is 0 Å². The molecule has 0 aromatic carbocycles. The molecule has 0 bridgehead atoms. The van der Waals surface area contributed by atoms with Crippen LogP contribution in [0, 0.1) is 23.7 Å². The number of carbonyl (C=O) groups excluding carboxylic acids is 5. The number of hydrogen-bond acceptors (Lipinski definition) is 7. The molecule has 4 unspecified atom stereocenters. The van der Waals surface area contributed by atoms with E-state index >= 15 is 0 Å². The van der Waals surface area contributed by atoms with E-state index in [0.717, 1.165) is 4.73 Å². The topological polar surface area (TPSA) is 182 Å². The first-order valence-electron chi connectivity index (χ1n) is 17.9. The Bertz CT molecular complexity index is 1140. The van der Waals surface area contributed by atoms with E-state index in [1.165, 1.54) is 30.9 Å². The predicted molar refractivity (Wildman–Crippen MR) is 192 cm³/mol. The maximum atomic E-state index is 13.3. The van der Waals surface area contributed by atoms with E-state index in [-0.39, 0.29) is 53.6 Å². The monoisotopic (exact) mass is 693 g/mol. The molecule has 0 fully saturated rings. The van der Waals surface area contributed by atoms with Gasteiger partial charge in [-0.05, 0) is 43.4 Å². The quantitative estimate of drug-likeness (QED) is 0.0810. The second-order valence-corrected chi connectivity index (χ2v) is 13.8. The molecule has 13 nitrogen and oxygen atoms in total. The number of amides is 5. The number of nitrogens with one attached hydrogen (secondary N) is 6. The molecule has 280 valence electrons. The molecular formula is C36H66N7O6+. The molecule has 0 spiro atoms. The Morgan fingerprint density at radius 1 is 0.735 bits per heavy atom. The molecular weight excluding hydrogens is 626 g/mol. The molecule has 49 heavy (non-hydrogen) atoms. The molecule has 0 aliphatic carbocycles. The van der Waals surface area contributed by atoms with Gasteiger partial charge in [0, 0.05) is 36.0 Å². The second-order valence-electron chi connectivity index (χ2n) is 13.8. The summed E-state index contributed by atoms with van der Waals surface area (Å²) in [6.45, 7) is 22.2. The van der Waals surface area contributed by atoms with E-state index in [9.17, 15) is 29.2 Å². The Morgan fingerprint density at radius 3 is 1.78 bits per heavy atom. The normalized spacial score (nSPS) is 14.1. The molecule has 0 aliphatic heterocycles. The molecule has 0 saturated carbocycles. The summed E-state index contributed by atoms with van der Waals surface area (Å²) >= 11 is 0. The van der Waals surface area contributed by atoms with Gasteiger partial charge in [0.15, 0.2) is 0 Å². The molecule has 1 aromatic heterocycles. The van der Waals surface area contributed by atoms with Crippen LogP contribution in [0.4, 0.5) is 0 Å². The van der Waals surface area contributed by atoms with Crippen molar-refractivity contribution in [2.75, 3.05) is 19.6 Å². The zero-order valence-corrected chi connectivity index (χ0v) is 31.8. The first-order chi connectivity index (χ1) is 23.0. The molecule has 1 heterocycles. The fraction of sp³-hybridized carbons (Fsp3) is 0.722. The Balaban J connectivity index is 0.00000738. The third-order valence-electron chi connectivity index (χ3n) is 7.63. The van der Waals surface area contributed by atoms with E-state index in [0.29, 0.717) is 32.4 Å². The van der Waals surface area contributed by atoms with Gasteiger partial charge in [0.05, 0.1) is 18.2 Å². The van der Waals surface area contributed by atoms with Gasteiger partial charge in [0.2, 0.25) is 36.0 Å². The van der Waals surface area contributed by atoms with Crippen molar-refractivity contribution >= 4 is 29.5 Å².